The number of carbonyl (C=O) groups is 1. The summed E-state index contributed by atoms with van der Waals surface area (Å²) in [4.78, 5) is 12.7. The van der Waals surface area contributed by atoms with Crippen LogP contribution in [0.3, 0.4) is 0 Å². The minimum Gasteiger partial charge on any atom is -0.497 e. The van der Waals surface area contributed by atoms with E-state index in [4.69, 9.17) is 21.7 Å². The van der Waals surface area contributed by atoms with Gasteiger partial charge in [-0.2, -0.15) is 5.10 Å². The fraction of sp³-hybridized carbons (Fsp3) is 0.208. The van der Waals surface area contributed by atoms with Gasteiger partial charge in [-0.15, -0.1) is 0 Å². The van der Waals surface area contributed by atoms with Crippen LogP contribution in [-0.4, -0.2) is 38.8 Å². The molecule has 0 unspecified atom stereocenters. The maximum Gasteiger partial charge on any atom is 0.246 e. The van der Waals surface area contributed by atoms with Gasteiger partial charge in [0.1, 0.15) is 18.0 Å². The van der Waals surface area contributed by atoms with Gasteiger partial charge < -0.3 is 14.8 Å². The Morgan fingerprint density at radius 3 is 2.33 bits per heavy atom. The van der Waals surface area contributed by atoms with Crippen molar-refractivity contribution >= 4 is 23.8 Å². The Hall–Kier alpha value is -3.85. The number of aromatic nitrogens is 4. The van der Waals surface area contributed by atoms with E-state index in [1.807, 2.05) is 77.2 Å². The lowest BCUT2D eigenvalue weighted by molar-refractivity contribution is -0.116. The largest absolute Gasteiger partial charge is 0.497 e. The number of amides is 1. The lowest BCUT2D eigenvalue weighted by Crippen LogP contribution is -2.20. The summed E-state index contributed by atoms with van der Waals surface area (Å²) in [5.41, 5.74) is 1.73. The van der Waals surface area contributed by atoms with Crippen LogP contribution in [0.5, 0.6) is 11.5 Å². The first-order chi connectivity index (χ1) is 16.1. The second-order valence-corrected chi connectivity index (χ2v) is 7.63. The van der Waals surface area contributed by atoms with Gasteiger partial charge in [0.2, 0.25) is 10.7 Å². The molecule has 4 aromatic rings. The molecule has 1 amide bonds. The third kappa shape index (κ3) is 5.32. The van der Waals surface area contributed by atoms with Crippen LogP contribution in [0.15, 0.2) is 73.1 Å². The van der Waals surface area contributed by atoms with Gasteiger partial charge in [0.05, 0.1) is 13.7 Å². The minimum absolute atomic E-state index is 0.00404. The molecule has 8 nitrogen and oxygen atoms in total. The normalized spacial score (nSPS) is 10.7. The molecule has 9 heteroatoms. The Morgan fingerprint density at radius 2 is 1.70 bits per heavy atom. The van der Waals surface area contributed by atoms with Gasteiger partial charge in [-0.05, 0) is 73.2 Å². The number of carbonyl (C=O) groups excluding carboxylic acids is 1. The van der Waals surface area contributed by atoms with E-state index >= 15 is 0 Å². The highest BCUT2D eigenvalue weighted by Crippen LogP contribution is 2.17. The zero-order valence-corrected chi connectivity index (χ0v) is 19.3. The number of methoxy groups -OCH3 is 1. The first-order valence-electron chi connectivity index (χ1n) is 10.6. The predicted molar refractivity (Wildman–Crippen MR) is 128 cm³/mol. The Balaban J connectivity index is 1.55. The second-order valence-electron chi connectivity index (χ2n) is 7.26. The van der Waals surface area contributed by atoms with Gasteiger partial charge in [-0.1, -0.05) is 12.1 Å². The summed E-state index contributed by atoms with van der Waals surface area (Å²) < 4.78 is 16.3. The van der Waals surface area contributed by atoms with E-state index in [2.05, 4.69) is 10.4 Å². The van der Waals surface area contributed by atoms with Crippen molar-refractivity contribution < 1.29 is 14.3 Å². The molecule has 0 radical (unpaired) electrons. The molecule has 0 saturated heterocycles. The molecule has 0 saturated carbocycles. The number of hydrogen-bond donors (Lipinski definition) is 1. The molecule has 1 N–H and O–H groups in total. The van der Waals surface area contributed by atoms with Crippen LogP contribution in [0, 0.1) is 4.77 Å². The van der Waals surface area contributed by atoms with E-state index < -0.39 is 0 Å². The fourth-order valence-corrected chi connectivity index (χ4v) is 3.72. The van der Waals surface area contributed by atoms with E-state index in [1.54, 1.807) is 19.2 Å². The maximum absolute atomic E-state index is 12.7. The van der Waals surface area contributed by atoms with Gasteiger partial charge in [0.15, 0.2) is 5.82 Å². The number of ether oxygens (including phenoxy) is 2. The SMILES string of the molecule is CCOc1ccc(NC(=O)Cn2nc(Cc3ccc(OC)cc3)n(-n3cccc3)c2=S)cc1. The molecule has 0 aliphatic heterocycles. The molecule has 2 aromatic carbocycles. The topological polar surface area (TPSA) is 75.2 Å². The van der Waals surface area contributed by atoms with Crippen molar-refractivity contribution in [3.05, 3.63) is 89.2 Å². The summed E-state index contributed by atoms with van der Waals surface area (Å²) in [6, 6.07) is 18.8. The molecule has 2 aromatic heterocycles. The van der Waals surface area contributed by atoms with Crippen molar-refractivity contribution in [2.75, 3.05) is 19.0 Å². The van der Waals surface area contributed by atoms with Crippen molar-refractivity contribution in [3.63, 3.8) is 0 Å². The van der Waals surface area contributed by atoms with Crippen LogP contribution in [0.4, 0.5) is 5.69 Å². The molecule has 0 aliphatic carbocycles. The number of hydrogen-bond acceptors (Lipinski definition) is 5. The van der Waals surface area contributed by atoms with Crippen LogP contribution in [0.1, 0.15) is 18.3 Å². The van der Waals surface area contributed by atoms with Gasteiger partial charge in [-0.25, -0.2) is 9.36 Å². The minimum atomic E-state index is -0.219. The summed E-state index contributed by atoms with van der Waals surface area (Å²) in [5.74, 6) is 2.04. The Labute approximate surface area is 197 Å². The monoisotopic (exact) mass is 463 g/mol. The molecular weight excluding hydrogens is 438 g/mol. The average Bonchev–Trinajstić information content (AvgIpc) is 3.44. The Bertz CT molecular complexity index is 1260. The highest BCUT2D eigenvalue weighted by molar-refractivity contribution is 7.71. The van der Waals surface area contributed by atoms with Gasteiger partial charge in [0.25, 0.3) is 0 Å². The summed E-state index contributed by atoms with van der Waals surface area (Å²) >= 11 is 5.67. The molecule has 0 aliphatic rings. The van der Waals surface area contributed by atoms with E-state index in [0.717, 1.165) is 22.9 Å². The van der Waals surface area contributed by atoms with Crippen LogP contribution in [0.2, 0.25) is 0 Å². The summed E-state index contributed by atoms with van der Waals surface area (Å²) in [6.07, 6.45) is 4.32. The van der Waals surface area contributed by atoms with Crippen molar-refractivity contribution in [1.82, 2.24) is 19.1 Å². The van der Waals surface area contributed by atoms with Crippen LogP contribution in [-0.2, 0) is 17.8 Å². The molecule has 0 fully saturated rings. The third-order valence-corrected chi connectivity index (χ3v) is 5.35. The Kier molecular flexibility index (Phi) is 6.89. The van der Waals surface area contributed by atoms with Crippen LogP contribution >= 0.6 is 12.2 Å². The van der Waals surface area contributed by atoms with Gasteiger partial charge in [0, 0.05) is 24.5 Å². The molecule has 0 atom stereocenters. The standard InChI is InChI=1S/C24H25N5O3S/c1-3-32-21-12-8-19(9-13-21)25-23(30)17-28-24(33)29(27-14-4-5-15-27)22(26-28)16-18-6-10-20(31-2)11-7-18/h4-15H,3,16-17H2,1-2H3,(H,25,30). The smallest absolute Gasteiger partial charge is 0.246 e. The van der Waals surface area contributed by atoms with Crippen molar-refractivity contribution in [1.29, 1.82) is 0 Å². The average molecular weight is 464 g/mol. The highest BCUT2D eigenvalue weighted by Gasteiger charge is 2.15. The van der Waals surface area contributed by atoms with E-state index in [0.29, 0.717) is 23.5 Å². The van der Waals surface area contributed by atoms with Crippen molar-refractivity contribution in [2.45, 2.75) is 19.9 Å². The van der Waals surface area contributed by atoms with Crippen LogP contribution in [0.25, 0.3) is 0 Å². The molecule has 4 rings (SSSR count). The fourth-order valence-electron chi connectivity index (χ4n) is 3.41. The Morgan fingerprint density at radius 1 is 1.03 bits per heavy atom. The molecule has 0 bridgehead atoms. The number of rotatable bonds is 9. The predicted octanol–water partition coefficient (Wildman–Crippen LogP) is 4.16. The highest BCUT2D eigenvalue weighted by atomic mass is 32.1. The van der Waals surface area contributed by atoms with Gasteiger partial charge >= 0.3 is 0 Å². The zero-order valence-electron chi connectivity index (χ0n) is 18.5. The first kappa shape index (κ1) is 22.3. The molecule has 33 heavy (non-hydrogen) atoms. The van der Waals surface area contributed by atoms with E-state index in [1.165, 1.54) is 4.68 Å². The number of nitrogens with zero attached hydrogens (tertiary/aromatic N) is 4. The third-order valence-electron chi connectivity index (χ3n) is 4.97. The molecule has 170 valence electrons. The quantitative estimate of drug-likeness (QED) is 0.377. The lowest BCUT2D eigenvalue weighted by atomic mass is 10.1. The maximum atomic E-state index is 12.7. The molecule has 0 spiro atoms. The summed E-state index contributed by atoms with van der Waals surface area (Å²) in [6.45, 7) is 2.51. The van der Waals surface area contributed by atoms with Crippen LogP contribution < -0.4 is 14.8 Å². The van der Waals surface area contributed by atoms with Crippen molar-refractivity contribution in [2.24, 2.45) is 0 Å². The van der Waals surface area contributed by atoms with Crippen molar-refractivity contribution in [3.8, 4) is 11.5 Å². The molecular formula is C24H25N5O3S. The number of anilines is 1. The van der Waals surface area contributed by atoms with E-state index in [-0.39, 0.29) is 12.5 Å². The molecule has 2 heterocycles. The first-order valence-corrected chi connectivity index (χ1v) is 11.0. The van der Waals surface area contributed by atoms with E-state index in [9.17, 15) is 4.79 Å². The zero-order chi connectivity index (χ0) is 23.2. The van der Waals surface area contributed by atoms with Gasteiger partial charge in [-0.3, -0.25) is 9.47 Å². The number of benzene rings is 2. The summed E-state index contributed by atoms with van der Waals surface area (Å²) in [5, 5.41) is 7.55. The second kappa shape index (κ2) is 10.2. The lowest BCUT2D eigenvalue weighted by Gasteiger charge is -2.08. The number of nitrogens with one attached hydrogen (secondary N) is 1. The summed E-state index contributed by atoms with van der Waals surface area (Å²) in [7, 11) is 1.64.